The third-order valence-electron chi connectivity index (χ3n) is 5.97. The van der Waals surface area contributed by atoms with E-state index >= 15 is 0 Å². The first-order valence-electron chi connectivity index (χ1n) is 11.0. The predicted molar refractivity (Wildman–Crippen MR) is 138 cm³/mol. The fourth-order valence-electron chi connectivity index (χ4n) is 4.23. The predicted octanol–water partition coefficient (Wildman–Crippen LogP) is 4.17. The van der Waals surface area contributed by atoms with Crippen LogP contribution in [-0.4, -0.2) is 50.6 Å². The number of nitrogens with one attached hydrogen (secondary N) is 2. The average Bonchev–Trinajstić information content (AvgIpc) is 3.52. The molecule has 4 rings (SSSR count). The van der Waals surface area contributed by atoms with Crippen LogP contribution in [0.4, 0.5) is 5.69 Å². The molecule has 2 N–H and O–H groups in total. The summed E-state index contributed by atoms with van der Waals surface area (Å²) in [5, 5.41) is 6.94. The maximum absolute atomic E-state index is 5.75. The Morgan fingerprint density at radius 2 is 1.77 bits per heavy atom. The van der Waals surface area contributed by atoms with Crippen molar-refractivity contribution < 1.29 is 4.42 Å². The number of rotatable bonds is 7. The van der Waals surface area contributed by atoms with Crippen molar-refractivity contribution in [3.8, 4) is 0 Å². The minimum Gasteiger partial charge on any atom is -0.468 e. The van der Waals surface area contributed by atoms with Crippen LogP contribution in [0.3, 0.4) is 0 Å². The van der Waals surface area contributed by atoms with Crippen molar-refractivity contribution in [3.05, 3.63) is 66.1 Å². The quantitative estimate of drug-likeness (QED) is 0.241. The molecule has 6 nitrogen and oxygen atoms in total. The molecule has 2 aromatic rings. The normalized spacial score (nSPS) is 18.0. The maximum Gasteiger partial charge on any atom is 0.191 e. The summed E-state index contributed by atoms with van der Waals surface area (Å²) in [5.41, 5.74) is 2.52. The minimum atomic E-state index is 0. The summed E-state index contributed by atoms with van der Waals surface area (Å²) in [5.74, 6) is 1.84. The van der Waals surface area contributed by atoms with E-state index < -0.39 is 0 Å². The molecule has 0 aliphatic carbocycles. The Morgan fingerprint density at radius 1 is 1.03 bits per heavy atom. The van der Waals surface area contributed by atoms with Crippen molar-refractivity contribution in [1.29, 1.82) is 0 Å². The van der Waals surface area contributed by atoms with Crippen LogP contribution in [0.2, 0.25) is 0 Å². The van der Waals surface area contributed by atoms with Gasteiger partial charge in [0.15, 0.2) is 5.96 Å². The van der Waals surface area contributed by atoms with E-state index in [2.05, 4.69) is 67.9 Å². The molecule has 0 saturated carbocycles. The Hall–Kier alpha value is -2.00. The molecule has 7 heteroatoms. The molecule has 168 valence electrons. The van der Waals surface area contributed by atoms with Gasteiger partial charge in [0.25, 0.3) is 0 Å². The Bertz CT molecular complexity index is 820. The standard InChI is InChI=1S/C24H33N5O.HI/c1-25-24(26-18-20-9-11-21(12-10-20)28-13-5-6-14-28)27-19-22(23-8-7-17-30-23)29-15-3-2-4-16-29;/h5-12,17,22H,2-4,13-16,18-19H2,1H3,(H2,25,26,27);1H. The number of aliphatic imine (C=N–C) groups is 1. The first-order chi connectivity index (χ1) is 14.8. The third kappa shape index (κ3) is 6.49. The lowest BCUT2D eigenvalue weighted by molar-refractivity contribution is 0.146. The van der Waals surface area contributed by atoms with Gasteiger partial charge in [0.05, 0.1) is 12.3 Å². The number of benzene rings is 1. The van der Waals surface area contributed by atoms with E-state index in [0.717, 1.165) is 51.0 Å². The topological polar surface area (TPSA) is 56.0 Å². The van der Waals surface area contributed by atoms with Gasteiger partial charge in [0.1, 0.15) is 5.76 Å². The largest absolute Gasteiger partial charge is 0.468 e. The number of hydrogen-bond acceptors (Lipinski definition) is 4. The zero-order valence-corrected chi connectivity index (χ0v) is 20.6. The van der Waals surface area contributed by atoms with E-state index in [1.807, 2.05) is 13.1 Å². The fourth-order valence-corrected chi connectivity index (χ4v) is 4.23. The van der Waals surface area contributed by atoms with Crippen LogP contribution >= 0.6 is 24.0 Å². The Balaban J connectivity index is 0.00000272. The second-order valence-corrected chi connectivity index (χ2v) is 7.98. The second kappa shape index (κ2) is 12.1. The van der Waals surface area contributed by atoms with Crippen LogP contribution in [0.15, 0.2) is 64.2 Å². The summed E-state index contributed by atoms with van der Waals surface area (Å²) in [4.78, 5) is 9.29. The highest BCUT2D eigenvalue weighted by Gasteiger charge is 2.24. The van der Waals surface area contributed by atoms with Crippen molar-refractivity contribution in [1.82, 2.24) is 15.5 Å². The summed E-state index contributed by atoms with van der Waals surface area (Å²) < 4.78 is 5.75. The first kappa shape index (κ1) is 23.7. The summed E-state index contributed by atoms with van der Waals surface area (Å²) in [7, 11) is 1.82. The summed E-state index contributed by atoms with van der Waals surface area (Å²) in [6.45, 7) is 5.77. The molecule has 1 atom stereocenters. The number of anilines is 1. The second-order valence-electron chi connectivity index (χ2n) is 7.98. The molecule has 1 unspecified atom stereocenters. The monoisotopic (exact) mass is 535 g/mol. The summed E-state index contributed by atoms with van der Waals surface area (Å²) >= 11 is 0. The molecule has 0 radical (unpaired) electrons. The van der Waals surface area contributed by atoms with Crippen molar-refractivity contribution in [2.24, 2.45) is 4.99 Å². The van der Waals surface area contributed by atoms with Crippen LogP contribution in [0.1, 0.15) is 36.6 Å². The molecule has 1 saturated heterocycles. The molecule has 0 spiro atoms. The van der Waals surface area contributed by atoms with Gasteiger partial charge in [0, 0.05) is 38.9 Å². The van der Waals surface area contributed by atoms with Gasteiger partial charge in [-0.05, 0) is 55.8 Å². The Labute approximate surface area is 202 Å². The van der Waals surface area contributed by atoms with Gasteiger partial charge in [-0.25, -0.2) is 0 Å². The Morgan fingerprint density at radius 3 is 2.42 bits per heavy atom. The van der Waals surface area contributed by atoms with Crippen molar-refractivity contribution in [2.75, 3.05) is 44.7 Å². The lowest BCUT2D eigenvalue weighted by Gasteiger charge is -2.33. The van der Waals surface area contributed by atoms with Crippen molar-refractivity contribution >= 4 is 35.6 Å². The van der Waals surface area contributed by atoms with Gasteiger partial charge in [0.2, 0.25) is 0 Å². The average molecular weight is 535 g/mol. The highest BCUT2D eigenvalue weighted by molar-refractivity contribution is 14.0. The van der Waals surface area contributed by atoms with Gasteiger partial charge >= 0.3 is 0 Å². The third-order valence-corrected chi connectivity index (χ3v) is 5.97. The molecule has 0 amide bonds. The molecule has 2 aliphatic rings. The summed E-state index contributed by atoms with van der Waals surface area (Å²) in [6, 6.07) is 13.1. The zero-order valence-electron chi connectivity index (χ0n) is 18.3. The van der Waals surface area contributed by atoms with Crippen LogP contribution in [0, 0.1) is 0 Å². The number of furan rings is 1. The van der Waals surface area contributed by atoms with E-state index in [1.165, 1.54) is 30.5 Å². The number of piperidine rings is 1. The summed E-state index contributed by atoms with van der Waals surface area (Å²) in [6.07, 6.45) is 10.0. The van der Waals surface area contributed by atoms with Gasteiger partial charge in [-0.2, -0.15) is 0 Å². The van der Waals surface area contributed by atoms with Gasteiger partial charge in [-0.3, -0.25) is 9.89 Å². The van der Waals surface area contributed by atoms with E-state index in [1.54, 1.807) is 6.26 Å². The first-order valence-corrected chi connectivity index (χ1v) is 11.0. The molecular formula is C24H34IN5O. The molecule has 1 aromatic heterocycles. The van der Waals surface area contributed by atoms with E-state index in [-0.39, 0.29) is 30.0 Å². The van der Waals surface area contributed by atoms with Crippen LogP contribution < -0.4 is 15.5 Å². The number of nitrogens with zero attached hydrogens (tertiary/aromatic N) is 3. The SMILES string of the molecule is CN=C(NCc1ccc(N2CC=CC2)cc1)NCC(c1ccco1)N1CCCCC1.I. The van der Waals surface area contributed by atoms with Crippen LogP contribution in [-0.2, 0) is 6.54 Å². The highest BCUT2D eigenvalue weighted by Crippen LogP contribution is 2.24. The molecule has 31 heavy (non-hydrogen) atoms. The van der Waals surface area contributed by atoms with Gasteiger partial charge < -0.3 is 20.0 Å². The van der Waals surface area contributed by atoms with Gasteiger partial charge in [-0.15, -0.1) is 24.0 Å². The number of likely N-dealkylation sites (tertiary alicyclic amines) is 1. The Kier molecular flexibility index (Phi) is 9.27. The number of halogens is 1. The lowest BCUT2D eigenvalue weighted by atomic mass is 10.1. The molecule has 3 heterocycles. The highest BCUT2D eigenvalue weighted by atomic mass is 127. The minimum absolute atomic E-state index is 0. The van der Waals surface area contributed by atoms with E-state index in [4.69, 9.17) is 4.42 Å². The zero-order chi connectivity index (χ0) is 20.6. The molecule has 1 fully saturated rings. The van der Waals surface area contributed by atoms with E-state index in [0.29, 0.717) is 0 Å². The van der Waals surface area contributed by atoms with Crippen LogP contribution in [0.5, 0.6) is 0 Å². The van der Waals surface area contributed by atoms with Gasteiger partial charge in [-0.1, -0.05) is 30.7 Å². The van der Waals surface area contributed by atoms with Crippen LogP contribution in [0.25, 0.3) is 0 Å². The lowest BCUT2D eigenvalue weighted by Crippen LogP contribution is -2.44. The molecular weight excluding hydrogens is 501 g/mol. The fraction of sp³-hybridized carbons (Fsp3) is 0.458. The molecule has 1 aromatic carbocycles. The smallest absolute Gasteiger partial charge is 0.191 e. The number of guanidine groups is 1. The molecule has 2 aliphatic heterocycles. The van der Waals surface area contributed by atoms with Crippen molar-refractivity contribution in [2.45, 2.75) is 31.8 Å². The number of hydrogen-bond donors (Lipinski definition) is 2. The van der Waals surface area contributed by atoms with E-state index in [9.17, 15) is 0 Å². The maximum atomic E-state index is 5.75. The molecule has 0 bridgehead atoms. The van der Waals surface area contributed by atoms with Crippen molar-refractivity contribution in [3.63, 3.8) is 0 Å².